The van der Waals surface area contributed by atoms with Gasteiger partial charge in [-0.05, 0) is 12.8 Å². The molecular weight excluding hydrogens is 268 g/mol. The zero-order valence-electron chi connectivity index (χ0n) is 11.4. The van der Waals surface area contributed by atoms with Crippen molar-refractivity contribution in [3.8, 4) is 0 Å². The van der Waals surface area contributed by atoms with Crippen molar-refractivity contribution in [2.75, 3.05) is 26.7 Å². The highest BCUT2D eigenvalue weighted by Gasteiger charge is 2.27. The highest BCUT2D eigenvalue weighted by molar-refractivity contribution is 5.76. The lowest BCUT2D eigenvalue weighted by molar-refractivity contribution is -0.147. The molecule has 0 aromatic rings. The summed E-state index contributed by atoms with van der Waals surface area (Å²) in [6.45, 7) is 0.989. The maximum Gasteiger partial charge on any atom is 0.332 e. The third-order valence-corrected chi connectivity index (χ3v) is 3.30. The summed E-state index contributed by atoms with van der Waals surface area (Å²) in [5.41, 5.74) is 0. The number of carbonyl (C=O) groups is 3. The van der Waals surface area contributed by atoms with E-state index in [1.807, 2.05) is 0 Å². The molecule has 1 saturated heterocycles. The lowest BCUT2D eigenvalue weighted by atomic mass is 9.97. The number of carboxylic acids is 1. The molecule has 1 heterocycles. The highest BCUT2D eigenvalue weighted by atomic mass is 16.5. The van der Waals surface area contributed by atoms with Gasteiger partial charge in [0.15, 0.2) is 6.10 Å². The van der Waals surface area contributed by atoms with Crippen LogP contribution in [0.2, 0.25) is 0 Å². The normalized spacial score (nSPS) is 17.4. The maximum atomic E-state index is 11.8. The molecule has 3 N–H and O–H groups in total. The molecule has 8 heteroatoms. The number of nitrogens with one attached hydrogen (secondary N) is 1. The Morgan fingerprint density at radius 3 is 2.45 bits per heavy atom. The fraction of sp³-hybridized carbons (Fsp3) is 0.750. The number of ether oxygens (including phenoxy) is 1. The number of likely N-dealkylation sites (tertiary alicyclic amines) is 1. The number of esters is 1. The number of rotatable bonds is 5. The van der Waals surface area contributed by atoms with Crippen LogP contribution in [0.3, 0.4) is 0 Å². The molecule has 1 fully saturated rings. The number of aliphatic hydroxyl groups excluding tert-OH is 1. The van der Waals surface area contributed by atoms with E-state index in [2.05, 4.69) is 10.1 Å². The third-order valence-electron chi connectivity index (χ3n) is 3.30. The van der Waals surface area contributed by atoms with Crippen LogP contribution in [0.25, 0.3) is 0 Å². The first-order chi connectivity index (χ1) is 9.45. The molecule has 1 aliphatic heterocycles. The lowest BCUT2D eigenvalue weighted by Crippen LogP contribution is -2.46. The Morgan fingerprint density at radius 2 is 1.95 bits per heavy atom. The van der Waals surface area contributed by atoms with Gasteiger partial charge >= 0.3 is 18.0 Å². The zero-order valence-corrected chi connectivity index (χ0v) is 11.4. The number of urea groups is 1. The van der Waals surface area contributed by atoms with Crippen LogP contribution in [0.1, 0.15) is 19.3 Å². The number of aliphatic carboxylic acids is 1. The summed E-state index contributed by atoms with van der Waals surface area (Å²) in [4.78, 5) is 35.0. The van der Waals surface area contributed by atoms with Crippen molar-refractivity contribution in [2.45, 2.75) is 25.4 Å². The molecule has 0 aromatic heterocycles. The van der Waals surface area contributed by atoms with Gasteiger partial charge in [0.05, 0.1) is 13.0 Å². The summed E-state index contributed by atoms with van der Waals surface area (Å²) >= 11 is 0. The molecule has 0 unspecified atom stereocenters. The Labute approximate surface area is 116 Å². The topological polar surface area (TPSA) is 116 Å². The fourth-order valence-electron chi connectivity index (χ4n) is 2.04. The predicted octanol–water partition coefficient (Wildman–Crippen LogP) is -0.583. The van der Waals surface area contributed by atoms with E-state index in [1.54, 1.807) is 4.90 Å². The molecule has 1 atom stereocenters. The molecule has 0 spiro atoms. The van der Waals surface area contributed by atoms with Crippen LogP contribution in [0.4, 0.5) is 4.79 Å². The number of hydrogen-bond donors (Lipinski definition) is 3. The number of amides is 2. The molecule has 2 amide bonds. The van der Waals surface area contributed by atoms with E-state index in [-0.39, 0.29) is 30.9 Å². The molecule has 0 aliphatic carbocycles. The van der Waals surface area contributed by atoms with Crippen molar-refractivity contribution in [1.29, 1.82) is 0 Å². The average Bonchev–Trinajstić information content (AvgIpc) is 2.46. The average molecular weight is 288 g/mol. The van der Waals surface area contributed by atoms with Crippen LogP contribution < -0.4 is 5.32 Å². The van der Waals surface area contributed by atoms with Crippen molar-refractivity contribution >= 4 is 18.0 Å². The Bertz CT molecular complexity index is 365. The van der Waals surface area contributed by atoms with Crippen LogP contribution in [0.5, 0.6) is 0 Å². The van der Waals surface area contributed by atoms with Gasteiger partial charge in [-0.3, -0.25) is 4.79 Å². The Morgan fingerprint density at radius 1 is 1.35 bits per heavy atom. The predicted molar refractivity (Wildman–Crippen MR) is 68.0 cm³/mol. The molecular formula is C12H20N2O6. The minimum atomic E-state index is -1.47. The summed E-state index contributed by atoms with van der Waals surface area (Å²) < 4.78 is 4.66. The van der Waals surface area contributed by atoms with Crippen LogP contribution >= 0.6 is 0 Å². The Balaban J connectivity index is 2.26. The van der Waals surface area contributed by atoms with Gasteiger partial charge in [0.2, 0.25) is 0 Å². The van der Waals surface area contributed by atoms with Gasteiger partial charge in [0.25, 0.3) is 0 Å². The van der Waals surface area contributed by atoms with Crippen LogP contribution in [-0.4, -0.2) is 65.9 Å². The van der Waals surface area contributed by atoms with Crippen LogP contribution in [-0.2, 0) is 14.3 Å². The third kappa shape index (κ3) is 4.69. The van der Waals surface area contributed by atoms with Crippen LogP contribution in [0, 0.1) is 5.92 Å². The number of hydrogen-bond acceptors (Lipinski definition) is 5. The lowest BCUT2D eigenvalue weighted by Gasteiger charge is -2.30. The molecule has 0 saturated carbocycles. The molecule has 0 bridgehead atoms. The number of methoxy groups -OCH3 is 1. The summed E-state index contributed by atoms with van der Waals surface area (Å²) in [6.07, 6.45) is -0.407. The van der Waals surface area contributed by atoms with Crippen molar-refractivity contribution in [3.05, 3.63) is 0 Å². The quantitative estimate of drug-likeness (QED) is 0.583. The van der Waals surface area contributed by atoms with Gasteiger partial charge < -0.3 is 25.2 Å². The second-order valence-electron chi connectivity index (χ2n) is 4.66. The molecule has 0 radical (unpaired) electrons. The standard InChI is InChI=1S/C12H20N2O6/c1-20-11(18)8-3-6-14(7-4-8)12(19)13-5-2-9(15)10(16)17/h8-9,15H,2-7H2,1H3,(H,13,19)(H,16,17)/t9-/m0/s1. The van der Waals surface area contributed by atoms with E-state index in [0.29, 0.717) is 25.9 Å². The minimum absolute atomic E-state index is 0.0420. The van der Waals surface area contributed by atoms with E-state index in [1.165, 1.54) is 7.11 Å². The van der Waals surface area contributed by atoms with E-state index in [4.69, 9.17) is 10.2 Å². The van der Waals surface area contributed by atoms with Crippen molar-refractivity contribution in [1.82, 2.24) is 10.2 Å². The number of carbonyl (C=O) groups excluding carboxylic acids is 2. The molecule has 114 valence electrons. The van der Waals surface area contributed by atoms with E-state index in [9.17, 15) is 14.4 Å². The fourth-order valence-corrected chi connectivity index (χ4v) is 2.04. The van der Waals surface area contributed by atoms with Gasteiger partial charge in [0, 0.05) is 26.1 Å². The van der Waals surface area contributed by atoms with Crippen molar-refractivity contribution in [2.24, 2.45) is 5.92 Å². The molecule has 0 aromatic carbocycles. The number of piperidine rings is 1. The molecule has 20 heavy (non-hydrogen) atoms. The summed E-state index contributed by atoms with van der Waals surface area (Å²) in [5, 5.41) is 20.1. The first-order valence-electron chi connectivity index (χ1n) is 6.47. The Hall–Kier alpha value is -1.83. The van der Waals surface area contributed by atoms with Crippen LogP contribution in [0.15, 0.2) is 0 Å². The highest BCUT2D eigenvalue weighted by Crippen LogP contribution is 2.18. The number of aliphatic hydroxyl groups is 1. The van der Waals surface area contributed by atoms with Gasteiger partial charge in [-0.2, -0.15) is 0 Å². The second-order valence-corrected chi connectivity index (χ2v) is 4.66. The summed E-state index contributed by atoms with van der Waals surface area (Å²) in [6, 6.07) is -0.314. The number of carboxylic acid groups (broad SMARTS) is 1. The van der Waals surface area contributed by atoms with Gasteiger partial charge in [-0.1, -0.05) is 0 Å². The van der Waals surface area contributed by atoms with Gasteiger partial charge in [-0.25, -0.2) is 9.59 Å². The monoisotopic (exact) mass is 288 g/mol. The molecule has 1 aliphatic rings. The second kappa shape index (κ2) is 7.68. The zero-order chi connectivity index (χ0) is 15.1. The van der Waals surface area contributed by atoms with E-state index >= 15 is 0 Å². The van der Waals surface area contributed by atoms with Gasteiger partial charge in [0.1, 0.15) is 0 Å². The maximum absolute atomic E-state index is 11.8. The summed E-state index contributed by atoms with van der Waals surface area (Å²) in [5.74, 6) is -1.73. The van der Waals surface area contributed by atoms with Crippen molar-refractivity contribution in [3.63, 3.8) is 0 Å². The largest absolute Gasteiger partial charge is 0.479 e. The van der Waals surface area contributed by atoms with E-state index < -0.39 is 12.1 Å². The summed E-state index contributed by atoms with van der Waals surface area (Å²) in [7, 11) is 1.34. The first-order valence-corrected chi connectivity index (χ1v) is 6.47. The van der Waals surface area contributed by atoms with Crippen molar-refractivity contribution < 1.29 is 29.3 Å². The first kappa shape index (κ1) is 16.2. The molecule has 8 nitrogen and oxygen atoms in total. The van der Waals surface area contributed by atoms with E-state index in [0.717, 1.165) is 0 Å². The molecule has 1 rings (SSSR count). The Kier molecular flexibility index (Phi) is 6.23. The number of nitrogens with zero attached hydrogens (tertiary/aromatic N) is 1. The smallest absolute Gasteiger partial charge is 0.332 e. The van der Waals surface area contributed by atoms with Gasteiger partial charge in [-0.15, -0.1) is 0 Å². The minimum Gasteiger partial charge on any atom is -0.479 e. The SMILES string of the molecule is COC(=O)C1CCN(C(=O)NCC[C@H](O)C(=O)O)CC1.